The van der Waals surface area contributed by atoms with E-state index in [1.165, 1.54) is 6.07 Å². The lowest BCUT2D eigenvalue weighted by molar-refractivity contribution is -0.131. The van der Waals surface area contributed by atoms with E-state index in [0.717, 1.165) is 5.56 Å². The van der Waals surface area contributed by atoms with Crippen LogP contribution in [-0.2, 0) is 11.2 Å². The van der Waals surface area contributed by atoms with E-state index in [-0.39, 0.29) is 24.0 Å². The van der Waals surface area contributed by atoms with E-state index in [1.807, 2.05) is 30.3 Å². The lowest BCUT2D eigenvalue weighted by Gasteiger charge is -2.30. The first-order valence-corrected chi connectivity index (χ1v) is 9.79. The highest BCUT2D eigenvalue weighted by Crippen LogP contribution is 2.29. The molecule has 3 aromatic rings. The van der Waals surface area contributed by atoms with Crippen molar-refractivity contribution in [3.63, 3.8) is 0 Å². The number of aromatic nitrogens is 2. The maximum atomic E-state index is 12.7. The highest BCUT2D eigenvalue weighted by molar-refractivity contribution is 5.79. The topological polar surface area (TPSA) is 68.5 Å². The Balaban J connectivity index is 1.35. The van der Waals surface area contributed by atoms with Gasteiger partial charge in [-0.05, 0) is 18.9 Å². The third-order valence-corrected chi connectivity index (χ3v) is 5.20. The number of hydrogen-bond donors (Lipinski definition) is 0. The van der Waals surface area contributed by atoms with Crippen molar-refractivity contribution in [2.24, 2.45) is 0 Å². The molecule has 1 saturated heterocycles. The first-order valence-electron chi connectivity index (χ1n) is 9.79. The van der Waals surface area contributed by atoms with Crippen molar-refractivity contribution in [1.82, 2.24) is 15.0 Å². The van der Waals surface area contributed by atoms with Crippen molar-refractivity contribution in [2.45, 2.75) is 31.8 Å². The second-order valence-corrected chi connectivity index (χ2v) is 7.14. The second-order valence-electron chi connectivity index (χ2n) is 7.14. The van der Waals surface area contributed by atoms with Gasteiger partial charge in [-0.15, -0.1) is 0 Å². The molecule has 0 bridgehead atoms. The Labute approximate surface area is 172 Å². The van der Waals surface area contributed by atoms with Crippen LogP contribution in [0.3, 0.4) is 0 Å². The Bertz CT molecular complexity index is 986. The first kappa shape index (κ1) is 20.0. The van der Waals surface area contributed by atoms with Crippen LogP contribution >= 0.6 is 0 Å². The highest BCUT2D eigenvalue weighted by Gasteiger charge is 2.28. The molecule has 30 heavy (non-hydrogen) atoms. The Kier molecular flexibility index (Phi) is 6.02. The summed E-state index contributed by atoms with van der Waals surface area (Å²) < 4.78 is 35.1. The third-order valence-electron chi connectivity index (χ3n) is 5.20. The van der Waals surface area contributed by atoms with E-state index in [1.54, 1.807) is 23.1 Å². The molecule has 0 radical (unpaired) electrons. The number of alkyl halides is 2. The van der Waals surface area contributed by atoms with Crippen molar-refractivity contribution < 1.29 is 22.8 Å². The molecule has 1 aliphatic heterocycles. The van der Waals surface area contributed by atoms with Crippen LogP contribution in [0.5, 0.6) is 5.75 Å². The van der Waals surface area contributed by atoms with Crippen LogP contribution in [0, 0.1) is 0 Å². The standard InChI is InChI=1S/C22H21F2N3O3/c23-22(24)29-18-9-5-4-8-17(18)14-19(28)27-12-10-16(11-13-27)21-25-20(26-30-21)15-6-2-1-3-7-15/h1-9,16,22H,10-14H2. The van der Waals surface area contributed by atoms with Gasteiger partial charge in [-0.3, -0.25) is 4.79 Å². The number of likely N-dealkylation sites (tertiary alicyclic amines) is 1. The average Bonchev–Trinajstić information content (AvgIpc) is 3.26. The molecule has 156 valence electrons. The van der Waals surface area contributed by atoms with Crippen LogP contribution in [0.2, 0.25) is 0 Å². The van der Waals surface area contributed by atoms with Crippen molar-refractivity contribution in [1.29, 1.82) is 0 Å². The van der Waals surface area contributed by atoms with Crippen molar-refractivity contribution in [2.75, 3.05) is 13.1 Å². The zero-order chi connectivity index (χ0) is 20.9. The summed E-state index contributed by atoms with van der Waals surface area (Å²) in [5.74, 6) is 1.15. The summed E-state index contributed by atoms with van der Waals surface area (Å²) in [6.07, 6.45) is 1.43. The first-order chi connectivity index (χ1) is 14.6. The van der Waals surface area contributed by atoms with Gasteiger partial charge in [0.15, 0.2) is 0 Å². The molecule has 0 unspecified atom stereocenters. The number of piperidine rings is 1. The van der Waals surface area contributed by atoms with Gasteiger partial charge in [-0.2, -0.15) is 13.8 Å². The van der Waals surface area contributed by atoms with Gasteiger partial charge < -0.3 is 14.2 Å². The number of carbonyl (C=O) groups is 1. The van der Waals surface area contributed by atoms with Gasteiger partial charge in [-0.25, -0.2) is 0 Å². The van der Waals surface area contributed by atoms with Crippen LogP contribution in [0.25, 0.3) is 11.4 Å². The molecule has 4 rings (SSSR count). The third kappa shape index (κ3) is 4.64. The number of hydrogen-bond acceptors (Lipinski definition) is 5. The fraction of sp³-hybridized carbons (Fsp3) is 0.318. The van der Waals surface area contributed by atoms with E-state index in [0.29, 0.717) is 43.2 Å². The van der Waals surface area contributed by atoms with Crippen LogP contribution in [-0.4, -0.2) is 40.6 Å². The van der Waals surface area contributed by atoms with Gasteiger partial charge in [0, 0.05) is 30.1 Å². The van der Waals surface area contributed by atoms with Crippen LogP contribution in [0.15, 0.2) is 59.1 Å². The summed E-state index contributed by atoms with van der Waals surface area (Å²) in [4.78, 5) is 18.9. The van der Waals surface area contributed by atoms with E-state index in [9.17, 15) is 13.6 Å². The summed E-state index contributed by atoms with van der Waals surface area (Å²) >= 11 is 0. The van der Waals surface area contributed by atoms with Crippen molar-refractivity contribution >= 4 is 5.91 Å². The van der Waals surface area contributed by atoms with Crippen molar-refractivity contribution in [3.05, 3.63) is 66.1 Å². The Hall–Kier alpha value is -3.29. The smallest absolute Gasteiger partial charge is 0.387 e. The summed E-state index contributed by atoms with van der Waals surface area (Å²) in [6, 6.07) is 16.0. The average molecular weight is 413 g/mol. The minimum absolute atomic E-state index is 0.0201. The van der Waals surface area contributed by atoms with E-state index >= 15 is 0 Å². The summed E-state index contributed by atoms with van der Waals surface area (Å²) in [5, 5.41) is 4.06. The Morgan fingerprint density at radius 3 is 2.53 bits per heavy atom. The van der Waals surface area contributed by atoms with Crippen LogP contribution in [0.4, 0.5) is 8.78 Å². The summed E-state index contributed by atoms with van der Waals surface area (Å²) in [6.45, 7) is -1.83. The molecule has 0 aliphatic carbocycles. The van der Waals surface area contributed by atoms with E-state index in [4.69, 9.17) is 4.52 Å². The molecule has 1 aliphatic rings. The molecule has 2 aromatic carbocycles. The largest absolute Gasteiger partial charge is 0.435 e. The second kappa shape index (κ2) is 9.02. The predicted octanol–water partition coefficient (Wildman–Crippen LogP) is 4.29. The van der Waals surface area contributed by atoms with Gasteiger partial charge in [0.1, 0.15) is 5.75 Å². The minimum Gasteiger partial charge on any atom is -0.435 e. The number of nitrogens with zero attached hydrogens (tertiary/aromatic N) is 3. The number of ether oxygens (including phenoxy) is 1. The molecular weight excluding hydrogens is 392 g/mol. The summed E-state index contributed by atoms with van der Waals surface area (Å²) in [7, 11) is 0. The fourth-order valence-electron chi connectivity index (χ4n) is 3.62. The van der Waals surface area contributed by atoms with Gasteiger partial charge in [0.2, 0.25) is 17.6 Å². The normalized spacial score (nSPS) is 14.8. The molecule has 0 atom stereocenters. The highest BCUT2D eigenvalue weighted by atomic mass is 19.3. The number of amides is 1. The minimum atomic E-state index is -2.92. The lowest BCUT2D eigenvalue weighted by Crippen LogP contribution is -2.38. The van der Waals surface area contributed by atoms with Crippen LogP contribution in [0.1, 0.15) is 30.2 Å². The molecule has 0 spiro atoms. The molecule has 1 aromatic heterocycles. The number of rotatable bonds is 6. The molecule has 2 heterocycles. The molecule has 1 amide bonds. The van der Waals surface area contributed by atoms with Gasteiger partial charge in [0.05, 0.1) is 6.42 Å². The van der Waals surface area contributed by atoms with Gasteiger partial charge in [-0.1, -0.05) is 53.7 Å². The van der Waals surface area contributed by atoms with Crippen LogP contribution < -0.4 is 4.74 Å². The maximum absolute atomic E-state index is 12.7. The molecular formula is C22H21F2N3O3. The monoisotopic (exact) mass is 413 g/mol. The van der Waals surface area contributed by atoms with Crippen molar-refractivity contribution in [3.8, 4) is 17.1 Å². The fourth-order valence-corrected chi connectivity index (χ4v) is 3.62. The molecule has 0 N–H and O–H groups in total. The van der Waals surface area contributed by atoms with Gasteiger partial charge in [0.25, 0.3) is 0 Å². The maximum Gasteiger partial charge on any atom is 0.387 e. The molecule has 8 heteroatoms. The molecule has 0 saturated carbocycles. The Morgan fingerprint density at radius 2 is 1.80 bits per heavy atom. The number of para-hydroxylation sites is 1. The molecule has 6 nitrogen and oxygen atoms in total. The van der Waals surface area contributed by atoms with Gasteiger partial charge >= 0.3 is 6.61 Å². The summed E-state index contributed by atoms with van der Waals surface area (Å²) in [5.41, 5.74) is 1.35. The zero-order valence-electron chi connectivity index (χ0n) is 16.2. The zero-order valence-corrected chi connectivity index (χ0v) is 16.2. The Morgan fingerprint density at radius 1 is 1.10 bits per heavy atom. The van der Waals surface area contributed by atoms with E-state index < -0.39 is 6.61 Å². The number of halogens is 2. The SMILES string of the molecule is O=C(Cc1ccccc1OC(F)F)N1CCC(c2nc(-c3ccccc3)no2)CC1. The predicted molar refractivity (Wildman–Crippen MR) is 105 cm³/mol. The lowest BCUT2D eigenvalue weighted by atomic mass is 9.96. The molecule has 1 fully saturated rings. The van der Waals surface area contributed by atoms with E-state index in [2.05, 4.69) is 14.9 Å². The number of benzene rings is 2. The quantitative estimate of drug-likeness (QED) is 0.603. The number of carbonyl (C=O) groups excluding carboxylic acids is 1.